The molecule has 28 heavy (non-hydrogen) atoms. The minimum Gasteiger partial charge on any atom is -0.463 e. The van der Waals surface area contributed by atoms with Gasteiger partial charge in [-0.25, -0.2) is 4.79 Å². The van der Waals surface area contributed by atoms with E-state index in [0.29, 0.717) is 5.56 Å². The quantitative estimate of drug-likeness (QED) is 0.546. The highest BCUT2D eigenvalue weighted by Gasteiger charge is 2.63. The highest BCUT2D eigenvalue weighted by atomic mass is 35.5. The van der Waals surface area contributed by atoms with Crippen LogP contribution in [0.2, 0.25) is 5.02 Å². The number of alkyl halides is 3. The number of rotatable bonds is 6. The van der Waals surface area contributed by atoms with Gasteiger partial charge in [0.2, 0.25) is 0 Å². The van der Waals surface area contributed by atoms with Gasteiger partial charge in [-0.1, -0.05) is 29.8 Å². The largest absolute Gasteiger partial charge is 0.463 e. The van der Waals surface area contributed by atoms with Crippen LogP contribution >= 0.6 is 11.6 Å². The van der Waals surface area contributed by atoms with Gasteiger partial charge in [0.05, 0.1) is 6.61 Å². The van der Waals surface area contributed by atoms with E-state index in [0.717, 1.165) is 0 Å². The smallest absolute Gasteiger partial charge is 0.441 e. The molecule has 0 aliphatic heterocycles. The van der Waals surface area contributed by atoms with Gasteiger partial charge in [-0.2, -0.15) is 13.2 Å². The predicted molar refractivity (Wildman–Crippen MR) is 99.1 cm³/mol. The molecule has 2 aromatic carbocycles. The van der Waals surface area contributed by atoms with Crippen LogP contribution in [0.25, 0.3) is 0 Å². The number of carbonyl (C=O) groups excluding carboxylic acids is 2. The van der Waals surface area contributed by atoms with Gasteiger partial charge in [-0.3, -0.25) is 4.79 Å². The van der Waals surface area contributed by atoms with Crippen molar-refractivity contribution in [2.24, 2.45) is 0 Å². The van der Waals surface area contributed by atoms with E-state index >= 15 is 0 Å². The summed E-state index contributed by atoms with van der Waals surface area (Å²) in [4.78, 5) is 24.9. The van der Waals surface area contributed by atoms with Crippen molar-refractivity contribution in [3.8, 4) is 0 Å². The average molecular weight is 415 g/mol. The third-order valence-corrected chi connectivity index (χ3v) is 3.98. The molecule has 1 amide bonds. The van der Waals surface area contributed by atoms with Gasteiger partial charge < -0.3 is 15.4 Å². The van der Waals surface area contributed by atoms with Crippen molar-refractivity contribution in [1.29, 1.82) is 0 Å². The second-order valence-electron chi connectivity index (χ2n) is 5.93. The average Bonchev–Trinajstić information content (AvgIpc) is 2.60. The van der Waals surface area contributed by atoms with Crippen molar-refractivity contribution >= 4 is 29.2 Å². The molecular formula is C19H18ClF3N2O3. The zero-order chi connectivity index (χ0) is 20.9. The van der Waals surface area contributed by atoms with Crippen molar-refractivity contribution in [2.75, 3.05) is 11.9 Å². The van der Waals surface area contributed by atoms with E-state index in [9.17, 15) is 22.8 Å². The number of hydrogen-bond donors (Lipinski definition) is 2. The molecule has 0 aliphatic carbocycles. The summed E-state index contributed by atoms with van der Waals surface area (Å²) in [5.41, 5.74) is -2.99. The number of esters is 1. The summed E-state index contributed by atoms with van der Waals surface area (Å²) in [5.74, 6) is -2.83. The third-order valence-electron chi connectivity index (χ3n) is 3.74. The molecule has 0 radical (unpaired) electrons. The first-order valence-electron chi connectivity index (χ1n) is 8.26. The summed E-state index contributed by atoms with van der Waals surface area (Å²) in [6.07, 6.45) is -5.21. The molecule has 5 nitrogen and oxygen atoms in total. The predicted octanol–water partition coefficient (Wildman–Crippen LogP) is 4.31. The first-order chi connectivity index (χ1) is 13.1. The Hall–Kier alpha value is -2.74. The van der Waals surface area contributed by atoms with Gasteiger partial charge in [-0.05, 0) is 49.7 Å². The van der Waals surface area contributed by atoms with Crippen LogP contribution in [0.15, 0.2) is 48.5 Å². The molecule has 9 heteroatoms. The van der Waals surface area contributed by atoms with Crippen LogP contribution in [0.5, 0.6) is 0 Å². The summed E-state index contributed by atoms with van der Waals surface area (Å²) in [6.45, 7) is 2.74. The SMILES string of the molecule is CCOC(=O)[C@@](NC(=O)c1cccc(Cl)c1)(Nc1cccc(C)c1)C(F)(F)F. The second-order valence-corrected chi connectivity index (χ2v) is 6.36. The minimum atomic E-state index is -5.21. The molecule has 2 aromatic rings. The Morgan fingerprint density at radius 1 is 1.11 bits per heavy atom. The Bertz CT molecular complexity index is 873. The number of halogens is 4. The molecule has 0 saturated carbocycles. The van der Waals surface area contributed by atoms with Gasteiger partial charge in [-0.15, -0.1) is 0 Å². The highest BCUT2D eigenvalue weighted by molar-refractivity contribution is 6.31. The molecule has 0 spiro atoms. The maximum absolute atomic E-state index is 14.1. The maximum atomic E-state index is 14.1. The molecule has 2 rings (SSSR count). The van der Waals surface area contributed by atoms with Crippen LogP contribution in [-0.2, 0) is 9.53 Å². The van der Waals surface area contributed by atoms with Crippen LogP contribution in [0, 0.1) is 6.92 Å². The number of nitrogens with one attached hydrogen (secondary N) is 2. The molecule has 150 valence electrons. The van der Waals surface area contributed by atoms with E-state index in [-0.39, 0.29) is 22.9 Å². The summed E-state index contributed by atoms with van der Waals surface area (Å²) in [7, 11) is 0. The number of carbonyl (C=O) groups is 2. The Labute approximate surface area is 164 Å². The van der Waals surface area contributed by atoms with Crippen molar-refractivity contribution < 1.29 is 27.5 Å². The number of ether oxygens (including phenoxy) is 1. The fourth-order valence-corrected chi connectivity index (χ4v) is 2.63. The van der Waals surface area contributed by atoms with E-state index in [2.05, 4.69) is 10.1 Å². The molecule has 2 N–H and O–H groups in total. The molecule has 0 aliphatic rings. The van der Waals surface area contributed by atoms with Gasteiger partial charge in [0.25, 0.3) is 5.91 Å². The van der Waals surface area contributed by atoms with Crippen molar-refractivity contribution in [1.82, 2.24) is 5.32 Å². The molecule has 0 aromatic heterocycles. The zero-order valence-electron chi connectivity index (χ0n) is 15.1. The van der Waals surface area contributed by atoms with E-state index < -0.39 is 23.7 Å². The van der Waals surface area contributed by atoms with Crippen LogP contribution in [0.4, 0.5) is 18.9 Å². The Morgan fingerprint density at radius 2 is 1.79 bits per heavy atom. The Morgan fingerprint density at radius 3 is 2.36 bits per heavy atom. The Kier molecular flexibility index (Phi) is 6.56. The maximum Gasteiger partial charge on any atom is 0.441 e. The number of amides is 1. The fraction of sp³-hybridized carbons (Fsp3) is 0.263. The number of hydrogen-bond acceptors (Lipinski definition) is 4. The monoisotopic (exact) mass is 414 g/mol. The summed E-state index contributed by atoms with van der Waals surface area (Å²) in [6, 6.07) is 11.3. The first-order valence-corrected chi connectivity index (χ1v) is 8.63. The van der Waals surface area contributed by atoms with E-state index in [1.54, 1.807) is 18.3 Å². The molecular weight excluding hydrogens is 397 g/mol. The number of aryl methyl sites for hydroxylation is 1. The van der Waals surface area contributed by atoms with Crippen molar-refractivity contribution in [2.45, 2.75) is 25.7 Å². The normalized spacial score (nSPS) is 13.4. The first kappa shape index (κ1) is 21.6. The van der Waals surface area contributed by atoms with E-state index in [1.807, 2.05) is 0 Å². The zero-order valence-corrected chi connectivity index (χ0v) is 15.8. The van der Waals surface area contributed by atoms with E-state index in [4.69, 9.17) is 11.6 Å². The van der Waals surface area contributed by atoms with Gasteiger partial charge in [0.15, 0.2) is 0 Å². The summed E-state index contributed by atoms with van der Waals surface area (Å²) in [5, 5.41) is 4.03. The Balaban J connectivity index is 2.52. The number of anilines is 1. The van der Waals surface area contributed by atoms with Crippen molar-refractivity contribution in [3.05, 3.63) is 64.7 Å². The summed E-state index contributed by atoms with van der Waals surface area (Å²) < 4.78 is 46.9. The van der Waals surface area contributed by atoms with Gasteiger partial charge in [0, 0.05) is 16.3 Å². The molecule has 0 unspecified atom stereocenters. The fourth-order valence-electron chi connectivity index (χ4n) is 2.44. The molecule has 0 fully saturated rings. The lowest BCUT2D eigenvalue weighted by Crippen LogP contribution is -2.69. The standard InChI is InChI=1S/C19H18ClF3N2O3/c1-3-28-17(27)18(19(21,22)23,24-15-9-4-6-12(2)10-15)25-16(26)13-7-5-8-14(20)11-13/h4-11,24H,3H2,1-2H3,(H,25,26)/t18-/m0/s1. The molecule has 0 bridgehead atoms. The second kappa shape index (κ2) is 8.52. The molecule has 0 saturated heterocycles. The van der Waals surface area contributed by atoms with Gasteiger partial charge >= 0.3 is 17.8 Å². The van der Waals surface area contributed by atoms with E-state index in [1.165, 1.54) is 49.4 Å². The van der Waals surface area contributed by atoms with Crippen molar-refractivity contribution in [3.63, 3.8) is 0 Å². The summed E-state index contributed by atoms with van der Waals surface area (Å²) >= 11 is 5.80. The van der Waals surface area contributed by atoms with Crippen LogP contribution in [0.1, 0.15) is 22.8 Å². The van der Waals surface area contributed by atoms with Gasteiger partial charge in [0.1, 0.15) is 0 Å². The lowest BCUT2D eigenvalue weighted by atomic mass is 10.1. The molecule has 0 heterocycles. The van der Waals surface area contributed by atoms with Crippen LogP contribution in [0.3, 0.4) is 0 Å². The highest BCUT2D eigenvalue weighted by Crippen LogP contribution is 2.33. The lowest BCUT2D eigenvalue weighted by molar-refractivity contribution is -0.204. The molecule has 1 atom stereocenters. The minimum absolute atomic E-state index is 0.0169. The topological polar surface area (TPSA) is 67.4 Å². The third kappa shape index (κ3) is 4.75. The van der Waals surface area contributed by atoms with Crippen LogP contribution < -0.4 is 10.6 Å². The van der Waals surface area contributed by atoms with Crippen LogP contribution in [-0.4, -0.2) is 30.3 Å². The number of benzene rings is 2. The lowest BCUT2D eigenvalue weighted by Gasteiger charge is -2.35.